The van der Waals surface area contributed by atoms with Gasteiger partial charge < -0.3 is 10.6 Å². The fraction of sp³-hybridized carbons (Fsp3) is 0.533. The number of nitrogens with zero attached hydrogens (tertiary/aromatic N) is 2. The number of aryl methyl sites for hydroxylation is 3. The molecule has 2 aromatic heterocycles. The molecule has 5 nitrogen and oxygen atoms in total. The number of carbonyl (C=O) groups excluding carboxylic acids is 1. The lowest BCUT2D eigenvalue weighted by molar-refractivity contribution is 0.240. The van der Waals surface area contributed by atoms with Gasteiger partial charge in [-0.25, -0.2) is 14.8 Å². The number of aromatic nitrogens is 2. The van der Waals surface area contributed by atoms with Gasteiger partial charge in [-0.15, -0.1) is 22.7 Å². The Balaban J connectivity index is 1.68. The topological polar surface area (TPSA) is 66.9 Å². The Hall–Kier alpha value is -1.47. The van der Waals surface area contributed by atoms with Crippen LogP contribution < -0.4 is 10.6 Å². The maximum atomic E-state index is 11.7. The highest BCUT2D eigenvalue weighted by atomic mass is 32.1. The Bertz CT molecular complexity index is 621. The Kier molecular flexibility index (Phi) is 6.33. The minimum absolute atomic E-state index is 0.157. The van der Waals surface area contributed by atoms with E-state index < -0.39 is 0 Å². The van der Waals surface area contributed by atoms with Gasteiger partial charge in [0.2, 0.25) is 0 Å². The number of hydrogen-bond acceptors (Lipinski definition) is 5. The lowest BCUT2D eigenvalue weighted by Gasteiger charge is -2.05. The number of urea groups is 1. The number of rotatable bonds is 7. The molecule has 120 valence electrons. The largest absolute Gasteiger partial charge is 0.338 e. The Morgan fingerprint density at radius 2 is 2.00 bits per heavy atom. The van der Waals surface area contributed by atoms with Gasteiger partial charge in [0.15, 0.2) is 0 Å². The zero-order valence-corrected chi connectivity index (χ0v) is 14.9. The molecular formula is C15H22N4OS2. The first kappa shape index (κ1) is 16.9. The standard InChI is InChI=1S/C15H22N4OS2/c1-4-12-10(3)22-14(19-12)6-7-16-15(20)17-8-11-9-21-13(5-2)18-11/h9H,4-8H2,1-3H3,(H2,16,17,20). The van der Waals surface area contributed by atoms with Crippen LogP contribution in [0.25, 0.3) is 0 Å². The minimum Gasteiger partial charge on any atom is -0.338 e. The summed E-state index contributed by atoms with van der Waals surface area (Å²) < 4.78 is 0. The van der Waals surface area contributed by atoms with Gasteiger partial charge in [-0.05, 0) is 19.8 Å². The van der Waals surface area contributed by atoms with Gasteiger partial charge in [0, 0.05) is 23.2 Å². The quantitative estimate of drug-likeness (QED) is 0.815. The first-order valence-corrected chi connectivity index (χ1v) is 9.22. The number of nitrogens with one attached hydrogen (secondary N) is 2. The molecular weight excluding hydrogens is 316 g/mol. The van der Waals surface area contributed by atoms with Crippen molar-refractivity contribution in [1.82, 2.24) is 20.6 Å². The number of thiazole rings is 2. The van der Waals surface area contributed by atoms with E-state index in [9.17, 15) is 4.79 Å². The van der Waals surface area contributed by atoms with Gasteiger partial charge in [0.25, 0.3) is 0 Å². The summed E-state index contributed by atoms with van der Waals surface area (Å²) in [6, 6.07) is -0.157. The normalized spacial score (nSPS) is 10.7. The van der Waals surface area contributed by atoms with Gasteiger partial charge in [0.05, 0.1) is 27.9 Å². The Morgan fingerprint density at radius 1 is 1.18 bits per heavy atom. The third-order valence-electron chi connectivity index (χ3n) is 3.23. The van der Waals surface area contributed by atoms with Crippen LogP contribution in [-0.2, 0) is 25.8 Å². The molecule has 0 bridgehead atoms. The zero-order valence-electron chi connectivity index (χ0n) is 13.2. The Morgan fingerprint density at radius 3 is 2.64 bits per heavy atom. The van der Waals surface area contributed by atoms with Crippen LogP contribution in [0.15, 0.2) is 5.38 Å². The molecule has 0 unspecified atom stereocenters. The number of hydrogen-bond donors (Lipinski definition) is 2. The van der Waals surface area contributed by atoms with Crippen LogP contribution in [0.4, 0.5) is 4.79 Å². The molecule has 0 aliphatic heterocycles. The molecule has 0 aromatic carbocycles. The van der Waals surface area contributed by atoms with Gasteiger partial charge >= 0.3 is 6.03 Å². The highest BCUT2D eigenvalue weighted by Gasteiger charge is 2.07. The van der Waals surface area contributed by atoms with Crippen molar-refractivity contribution in [3.63, 3.8) is 0 Å². The van der Waals surface area contributed by atoms with Crippen molar-refractivity contribution >= 4 is 28.7 Å². The van der Waals surface area contributed by atoms with Crippen LogP contribution in [-0.4, -0.2) is 22.5 Å². The molecule has 0 saturated heterocycles. The summed E-state index contributed by atoms with van der Waals surface area (Å²) in [5, 5.41) is 9.86. The number of amides is 2. The third kappa shape index (κ3) is 4.78. The molecule has 0 atom stereocenters. The summed E-state index contributed by atoms with van der Waals surface area (Å²) in [5.74, 6) is 0. The first-order valence-electron chi connectivity index (χ1n) is 7.52. The van der Waals surface area contributed by atoms with Crippen LogP contribution in [0.2, 0.25) is 0 Å². The van der Waals surface area contributed by atoms with E-state index in [1.54, 1.807) is 22.7 Å². The van der Waals surface area contributed by atoms with Gasteiger partial charge in [0.1, 0.15) is 0 Å². The summed E-state index contributed by atoms with van der Waals surface area (Å²) in [4.78, 5) is 22.0. The highest BCUT2D eigenvalue weighted by Crippen LogP contribution is 2.17. The summed E-state index contributed by atoms with van der Waals surface area (Å²) in [6.07, 6.45) is 2.67. The predicted octanol–water partition coefficient (Wildman–Crippen LogP) is 3.07. The fourth-order valence-corrected chi connectivity index (χ4v) is 3.80. The molecule has 0 spiro atoms. The van der Waals surface area contributed by atoms with E-state index in [-0.39, 0.29) is 6.03 Å². The average Bonchev–Trinajstić information content (AvgIpc) is 3.11. The molecule has 2 aromatic rings. The van der Waals surface area contributed by atoms with E-state index in [1.165, 1.54) is 10.6 Å². The lowest BCUT2D eigenvalue weighted by atomic mass is 10.3. The van der Waals surface area contributed by atoms with E-state index in [1.807, 2.05) is 5.38 Å². The van der Waals surface area contributed by atoms with Gasteiger partial charge in [-0.2, -0.15) is 0 Å². The van der Waals surface area contributed by atoms with Crippen molar-refractivity contribution in [3.8, 4) is 0 Å². The van der Waals surface area contributed by atoms with Crippen molar-refractivity contribution in [2.45, 2.75) is 46.6 Å². The smallest absolute Gasteiger partial charge is 0.315 e. The van der Waals surface area contributed by atoms with Gasteiger partial charge in [-0.3, -0.25) is 0 Å². The summed E-state index contributed by atoms with van der Waals surface area (Å²) in [7, 11) is 0. The molecule has 0 radical (unpaired) electrons. The highest BCUT2D eigenvalue weighted by molar-refractivity contribution is 7.11. The Labute approximate surface area is 139 Å². The molecule has 0 aliphatic carbocycles. The zero-order chi connectivity index (χ0) is 15.9. The fourth-order valence-electron chi connectivity index (χ4n) is 2.03. The van der Waals surface area contributed by atoms with Crippen molar-refractivity contribution < 1.29 is 4.79 Å². The van der Waals surface area contributed by atoms with Crippen molar-refractivity contribution in [1.29, 1.82) is 0 Å². The van der Waals surface area contributed by atoms with E-state index >= 15 is 0 Å². The molecule has 2 rings (SSSR count). The van der Waals surface area contributed by atoms with Crippen LogP contribution in [0.3, 0.4) is 0 Å². The van der Waals surface area contributed by atoms with E-state index in [0.29, 0.717) is 13.1 Å². The maximum Gasteiger partial charge on any atom is 0.315 e. The van der Waals surface area contributed by atoms with E-state index in [2.05, 4.69) is 41.4 Å². The van der Waals surface area contributed by atoms with Crippen LogP contribution in [0, 0.1) is 6.92 Å². The molecule has 2 N–H and O–H groups in total. The summed E-state index contributed by atoms with van der Waals surface area (Å²) in [5.41, 5.74) is 2.08. The van der Waals surface area contributed by atoms with Crippen molar-refractivity contribution in [2.24, 2.45) is 0 Å². The monoisotopic (exact) mass is 338 g/mol. The molecule has 2 heterocycles. The molecule has 22 heavy (non-hydrogen) atoms. The molecule has 0 saturated carbocycles. The SMILES string of the molecule is CCc1nc(CNC(=O)NCCc2nc(CC)c(C)s2)cs1. The van der Waals surface area contributed by atoms with Gasteiger partial charge in [-0.1, -0.05) is 13.8 Å². The lowest BCUT2D eigenvalue weighted by Crippen LogP contribution is -2.36. The van der Waals surface area contributed by atoms with Crippen molar-refractivity contribution in [3.05, 3.63) is 31.7 Å². The molecule has 0 aliphatic rings. The summed E-state index contributed by atoms with van der Waals surface area (Å²) >= 11 is 3.35. The van der Waals surface area contributed by atoms with Crippen LogP contribution in [0.1, 0.15) is 40.1 Å². The second kappa shape index (κ2) is 8.24. The summed E-state index contributed by atoms with van der Waals surface area (Å²) in [6.45, 7) is 7.35. The minimum atomic E-state index is -0.157. The first-order chi connectivity index (χ1) is 10.6. The average molecular weight is 339 g/mol. The van der Waals surface area contributed by atoms with E-state index in [4.69, 9.17) is 0 Å². The maximum absolute atomic E-state index is 11.7. The second-order valence-corrected chi connectivity index (χ2v) is 7.14. The van der Waals surface area contributed by atoms with Crippen molar-refractivity contribution in [2.75, 3.05) is 6.54 Å². The van der Waals surface area contributed by atoms with E-state index in [0.717, 1.165) is 35.0 Å². The molecule has 7 heteroatoms. The predicted molar refractivity (Wildman–Crippen MR) is 91.7 cm³/mol. The molecule has 2 amide bonds. The number of carbonyl (C=O) groups is 1. The van der Waals surface area contributed by atoms with Crippen LogP contribution >= 0.6 is 22.7 Å². The second-order valence-electron chi connectivity index (χ2n) is 4.91. The third-order valence-corrected chi connectivity index (χ3v) is 5.34. The van der Waals surface area contributed by atoms with Crippen LogP contribution in [0.5, 0.6) is 0 Å². The molecule has 0 fully saturated rings.